The normalized spacial score (nSPS) is 44.2. The summed E-state index contributed by atoms with van der Waals surface area (Å²) in [6, 6.07) is 0. The van der Waals surface area contributed by atoms with Crippen LogP contribution >= 0.6 is 11.6 Å². The second-order valence-electron chi connectivity index (χ2n) is 6.18. The van der Waals surface area contributed by atoms with Gasteiger partial charge in [0.25, 0.3) is 0 Å². The van der Waals surface area contributed by atoms with Crippen molar-refractivity contribution in [3.8, 4) is 0 Å². The summed E-state index contributed by atoms with van der Waals surface area (Å²) in [5.74, 6) is 0.444. The van der Waals surface area contributed by atoms with Crippen molar-refractivity contribution in [2.24, 2.45) is 11.3 Å². The molecule has 0 bridgehead atoms. The van der Waals surface area contributed by atoms with E-state index in [1.165, 1.54) is 0 Å². The fourth-order valence-corrected chi connectivity index (χ4v) is 3.71. The highest BCUT2D eigenvalue weighted by molar-refractivity contribution is 6.20. The molecule has 0 aromatic heterocycles. The largest absolute Gasteiger partial charge is 0.389 e. The second kappa shape index (κ2) is 4.47. The number of alkyl halides is 1. The molecule has 1 aliphatic heterocycles. The van der Waals surface area contributed by atoms with Gasteiger partial charge in [-0.3, -0.25) is 0 Å². The average molecular weight is 246 g/mol. The van der Waals surface area contributed by atoms with Crippen LogP contribution in [0, 0.1) is 11.3 Å². The molecule has 1 unspecified atom stereocenters. The molecular weight excluding hydrogens is 222 g/mol. The van der Waals surface area contributed by atoms with Crippen LogP contribution in [0.5, 0.6) is 0 Å². The Kier molecular flexibility index (Phi) is 3.54. The van der Waals surface area contributed by atoms with Gasteiger partial charge in [0.2, 0.25) is 0 Å². The summed E-state index contributed by atoms with van der Waals surface area (Å²) in [6.07, 6.45) is 5.20. The van der Waals surface area contributed by atoms with Gasteiger partial charge in [-0.15, -0.1) is 11.6 Å². The van der Waals surface area contributed by atoms with Crippen molar-refractivity contribution in [2.75, 3.05) is 13.1 Å². The van der Waals surface area contributed by atoms with Crippen LogP contribution in [-0.2, 0) is 0 Å². The number of hydrogen-bond donors (Lipinski definition) is 2. The summed E-state index contributed by atoms with van der Waals surface area (Å²) in [5.41, 5.74) is -0.510. The Bertz CT molecular complexity index is 248. The van der Waals surface area contributed by atoms with Crippen molar-refractivity contribution in [3.05, 3.63) is 0 Å². The van der Waals surface area contributed by atoms with E-state index in [0.29, 0.717) is 11.3 Å². The number of piperidine rings is 1. The highest BCUT2D eigenvalue weighted by Crippen LogP contribution is 2.47. The summed E-state index contributed by atoms with van der Waals surface area (Å²) in [4.78, 5) is 0. The Morgan fingerprint density at radius 1 is 1.19 bits per heavy atom. The van der Waals surface area contributed by atoms with Gasteiger partial charge in [-0.1, -0.05) is 13.8 Å². The van der Waals surface area contributed by atoms with Crippen LogP contribution in [0.25, 0.3) is 0 Å². The second-order valence-corrected chi connectivity index (χ2v) is 6.80. The lowest BCUT2D eigenvalue weighted by atomic mass is 9.61. The molecule has 2 N–H and O–H groups in total. The van der Waals surface area contributed by atoms with Crippen molar-refractivity contribution >= 4 is 11.6 Å². The van der Waals surface area contributed by atoms with Crippen LogP contribution in [0.15, 0.2) is 0 Å². The lowest BCUT2D eigenvalue weighted by Crippen LogP contribution is -2.60. The summed E-state index contributed by atoms with van der Waals surface area (Å²) in [6.45, 7) is 6.24. The zero-order valence-electron chi connectivity index (χ0n) is 10.4. The third-order valence-electron chi connectivity index (χ3n) is 4.75. The van der Waals surface area contributed by atoms with E-state index in [-0.39, 0.29) is 5.41 Å². The molecule has 1 heterocycles. The van der Waals surface area contributed by atoms with Crippen molar-refractivity contribution in [2.45, 2.75) is 56.9 Å². The molecule has 2 rings (SSSR count). The number of aliphatic hydroxyl groups is 1. The zero-order valence-corrected chi connectivity index (χ0v) is 11.2. The van der Waals surface area contributed by atoms with Crippen molar-refractivity contribution in [1.29, 1.82) is 0 Å². The van der Waals surface area contributed by atoms with Gasteiger partial charge in [0.15, 0.2) is 0 Å². The van der Waals surface area contributed by atoms with Gasteiger partial charge in [-0.05, 0) is 44.6 Å². The van der Waals surface area contributed by atoms with E-state index in [2.05, 4.69) is 19.2 Å². The molecule has 2 fully saturated rings. The average Bonchev–Trinajstić information content (AvgIpc) is 2.23. The van der Waals surface area contributed by atoms with Crippen molar-refractivity contribution in [1.82, 2.24) is 5.32 Å². The van der Waals surface area contributed by atoms with Crippen LogP contribution in [0.3, 0.4) is 0 Å². The fourth-order valence-electron chi connectivity index (χ4n) is 3.46. The molecule has 1 atom stereocenters. The van der Waals surface area contributed by atoms with Gasteiger partial charge in [-0.25, -0.2) is 0 Å². The molecule has 1 aliphatic carbocycles. The van der Waals surface area contributed by atoms with E-state index in [9.17, 15) is 5.11 Å². The predicted molar refractivity (Wildman–Crippen MR) is 67.8 cm³/mol. The molecule has 16 heavy (non-hydrogen) atoms. The van der Waals surface area contributed by atoms with Crippen molar-refractivity contribution < 1.29 is 5.11 Å². The van der Waals surface area contributed by atoms with E-state index in [0.717, 1.165) is 45.2 Å². The van der Waals surface area contributed by atoms with Gasteiger partial charge >= 0.3 is 0 Å². The van der Waals surface area contributed by atoms with E-state index in [1.54, 1.807) is 0 Å². The zero-order chi connectivity index (χ0) is 11.8. The number of halogens is 1. The third kappa shape index (κ3) is 2.12. The van der Waals surface area contributed by atoms with Crippen LogP contribution < -0.4 is 5.32 Å². The molecule has 1 saturated heterocycles. The fraction of sp³-hybridized carbons (Fsp3) is 1.00. The van der Waals surface area contributed by atoms with Gasteiger partial charge in [0, 0.05) is 17.3 Å². The SMILES string of the molecule is CC1(C)CNCCC1(O)C1CCC(Cl)CC1. The molecule has 2 aliphatic rings. The smallest absolute Gasteiger partial charge is 0.0750 e. The molecular formula is C13H24ClNO. The van der Waals surface area contributed by atoms with E-state index < -0.39 is 5.60 Å². The maximum atomic E-state index is 11.0. The number of nitrogens with one attached hydrogen (secondary N) is 1. The summed E-state index contributed by atoms with van der Waals surface area (Å²) in [5, 5.41) is 14.8. The minimum absolute atomic E-state index is 0.0188. The van der Waals surface area contributed by atoms with Crippen molar-refractivity contribution in [3.63, 3.8) is 0 Å². The standard InChI is InChI=1S/C13H24ClNO/c1-12(2)9-15-8-7-13(12,16)10-3-5-11(14)6-4-10/h10-11,15-16H,3-9H2,1-2H3. The van der Waals surface area contributed by atoms with E-state index in [1.807, 2.05) is 0 Å². The first kappa shape index (κ1) is 12.7. The maximum Gasteiger partial charge on any atom is 0.0750 e. The Hall–Kier alpha value is 0.210. The summed E-state index contributed by atoms with van der Waals surface area (Å²) >= 11 is 6.14. The summed E-state index contributed by atoms with van der Waals surface area (Å²) < 4.78 is 0. The van der Waals surface area contributed by atoms with Gasteiger partial charge < -0.3 is 10.4 Å². The lowest BCUT2D eigenvalue weighted by Gasteiger charge is -2.52. The molecule has 1 saturated carbocycles. The van der Waals surface area contributed by atoms with Crippen LogP contribution in [-0.4, -0.2) is 29.2 Å². The quantitative estimate of drug-likeness (QED) is 0.696. The molecule has 2 nitrogen and oxygen atoms in total. The Balaban J connectivity index is 2.10. The monoisotopic (exact) mass is 245 g/mol. The Morgan fingerprint density at radius 3 is 2.38 bits per heavy atom. The Morgan fingerprint density at radius 2 is 1.81 bits per heavy atom. The first-order chi connectivity index (χ1) is 7.46. The van der Waals surface area contributed by atoms with Gasteiger partial charge in [-0.2, -0.15) is 0 Å². The number of hydrogen-bond acceptors (Lipinski definition) is 2. The predicted octanol–water partition coefficient (Wildman–Crippen LogP) is 2.53. The molecule has 0 amide bonds. The van der Waals surface area contributed by atoms with E-state index >= 15 is 0 Å². The van der Waals surface area contributed by atoms with Crippen LogP contribution in [0.4, 0.5) is 0 Å². The third-order valence-corrected chi connectivity index (χ3v) is 5.19. The lowest BCUT2D eigenvalue weighted by molar-refractivity contribution is -0.138. The summed E-state index contributed by atoms with van der Waals surface area (Å²) in [7, 11) is 0. The van der Waals surface area contributed by atoms with Crippen LogP contribution in [0.2, 0.25) is 0 Å². The minimum atomic E-state index is -0.491. The Labute approximate surface area is 104 Å². The molecule has 0 spiro atoms. The molecule has 0 aromatic rings. The molecule has 3 heteroatoms. The topological polar surface area (TPSA) is 32.3 Å². The molecule has 0 radical (unpaired) electrons. The molecule has 94 valence electrons. The first-order valence-corrected chi connectivity index (χ1v) is 6.96. The van der Waals surface area contributed by atoms with Gasteiger partial charge in [0.1, 0.15) is 0 Å². The van der Waals surface area contributed by atoms with E-state index in [4.69, 9.17) is 11.6 Å². The number of rotatable bonds is 1. The molecule has 0 aromatic carbocycles. The van der Waals surface area contributed by atoms with Gasteiger partial charge in [0.05, 0.1) is 5.60 Å². The highest BCUT2D eigenvalue weighted by Gasteiger charge is 2.50. The first-order valence-electron chi connectivity index (χ1n) is 6.53. The highest BCUT2D eigenvalue weighted by atomic mass is 35.5. The van der Waals surface area contributed by atoms with Crippen LogP contribution in [0.1, 0.15) is 46.0 Å². The minimum Gasteiger partial charge on any atom is -0.389 e. The maximum absolute atomic E-state index is 11.0.